The molecule has 1 fully saturated rings. The number of benzene rings is 1. The Bertz CT molecular complexity index is 1130. The van der Waals surface area contributed by atoms with E-state index in [1.165, 1.54) is 6.92 Å². The minimum Gasteiger partial charge on any atom is -0.463 e. The number of hydrogen-bond donors (Lipinski definition) is 3. The van der Waals surface area contributed by atoms with Gasteiger partial charge in [0.1, 0.15) is 24.8 Å². The van der Waals surface area contributed by atoms with Gasteiger partial charge in [-0.3, -0.25) is 28.8 Å². The molecule has 0 saturated carbocycles. The number of carbonyl (C=O) groups is 6. The first kappa shape index (κ1) is 34.1. The average Bonchev–Trinajstić information content (AvgIpc) is 2.89. The highest BCUT2D eigenvalue weighted by Gasteiger charge is 2.53. The van der Waals surface area contributed by atoms with Crippen LogP contribution in [0.4, 0.5) is 0 Å². The molecular formula is C27H37N3O12. The normalized spacial score (nSPS) is 23.8. The number of rotatable bonds is 13. The van der Waals surface area contributed by atoms with E-state index in [1.54, 1.807) is 30.3 Å². The Morgan fingerprint density at radius 2 is 1.40 bits per heavy atom. The van der Waals surface area contributed by atoms with Crippen LogP contribution in [-0.2, 0) is 63.6 Å². The van der Waals surface area contributed by atoms with Crippen molar-refractivity contribution in [3.63, 3.8) is 0 Å². The molecule has 0 aliphatic carbocycles. The van der Waals surface area contributed by atoms with Crippen molar-refractivity contribution in [3.8, 4) is 0 Å². The van der Waals surface area contributed by atoms with Gasteiger partial charge in [-0.05, 0) is 12.5 Å². The molecule has 1 aromatic carbocycles. The van der Waals surface area contributed by atoms with Gasteiger partial charge in [-0.15, -0.1) is 0 Å². The quantitative estimate of drug-likeness (QED) is 0.184. The molecular weight excluding hydrogens is 558 g/mol. The van der Waals surface area contributed by atoms with E-state index in [1.807, 2.05) is 0 Å². The lowest BCUT2D eigenvalue weighted by Crippen LogP contribution is -2.64. The summed E-state index contributed by atoms with van der Waals surface area (Å²) in [6.45, 7) is 5.34. The monoisotopic (exact) mass is 595 g/mol. The molecule has 0 unspecified atom stereocenters. The van der Waals surface area contributed by atoms with Crippen LogP contribution in [0.5, 0.6) is 0 Å². The van der Waals surface area contributed by atoms with Crippen molar-refractivity contribution in [3.05, 3.63) is 35.9 Å². The van der Waals surface area contributed by atoms with Crippen LogP contribution in [0.3, 0.4) is 0 Å². The summed E-state index contributed by atoms with van der Waals surface area (Å²) in [5, 5.41) is 2.50. The predicted octanol–water partition coefficient (Wildman–Crippen LogP) is -0.985. The molecule has 2 rings (SSSR count). The van der Waals surface area contributed by atoms with Crippen LogP contribution in [0.1, 0.15) is 40.2 Å². The van der Waals surface area contributed by atoms with Crippen molar-refractivity contribution in [2.24, 2.45) is 11.5 Å². The maximum atomic E-state index is 13.0. The number of hydrogen-bond acceptors (Lipinski definition) is 13. The summed E-state index contributed by atoms with van der Waals surface area (Å²) in [7, 11) is 0. The van der Waals surface area contributed by atoms with Crippen molar-refractivity contribution in [2.75, 3.05) is 6.61 Å². The van der Waals surface area contributed by atoms with Crippen LogP contribution in [0.25, 0.3) is 0 Å². The Hall–Kier alpha value is -4.08. The fourth-order valence-corrected chi connectivity index (χ4v) is 4.15. The zero-order valence-corrected chi connectivity index (χ0v) is 24.0. The Labute approximate surface area is 242 Å². The van der Waals surface area contributed by atoms with Gasteiger partial charge in [-0.25, -0.2) is 0 Å². The standard InChI is InChI=1S/C27H37N3O12/c1-13(21(28)26(36)30-19(25(29)35)11-18-9-7-6-8-10-18)38-27-24(41-17(5)34)23(40-16(4)33)22(39-15(3)32)20(42-27)12-37-14(2)31/h6-10,13,19-24,27H,11-12,28H2,1-5H3,(H2,29,35)(H,30,36)/t13-,19+,20-,21+,22-,23+,24-,27-/m1/s1. The van der Waals surface area contributed by atoms with E-state index in [2.05, 4.69) is 5.32 Å². The second kappa shape index (κ2) is 15.8. The maximum absolute atomic E-state index is 13.0. The third-order valence-electron chi connectivity index (χ3n) is 6.05. The summed E-state index contributed by atoms with van der Waals surface area (Å²) in [4.78, 5) is 72.3. The van der Waals surface area contributed by atoms with Gasteiger partial charge in [0.2, 0.25) is 11.8 Å². The molecule has 0 bridgehead atoms. The summed E-state index contributed by atoms with van der Waals surface area (Å²) >= 11 is 0. The van der Waals surface area contributed by atoms with E-state index in [9.17, 15) is 28.8 Å². The van der Waals surface area contributed by atoms with Crippen LogP contribution in [-0.4, -0.2) is 91.2 Å². The van der Waals surface area contributed by atoms with Crippen molar-refractivity contribution < 1.29 is 57.2 Å². The predicted molar refractivity (Wildman–Crippen MR) is 142 cm³/mol. The van der Waals surface area contributed by atoms with Gasteiger partial charge in [0.15, 0.2) is 24.6 Å². The smallest absolute Gasteiger partial charge is 0.303 e. The molecule has 0 radical (unpaired) electrons. The fourth-order valence-electron chi connectivity index (χ4n) is 4.15. The summed E-state index contributed by atoms with van der Waals surface area (Å²) < 4.78 is 32.8. The number of carbonyl (C=O) groups excluding carboxylic acids is 6. The molecule has 1 saturated heterocycles. The third-order valence-corrected chi connectivity index (χ3v) is 6.05. The molecule has 15 nitrogen and oxygen atoms in total. The molecule has 1 aliphatic rings. The Morgan fingerprint density at radius 3 is 1.93 bits per heavy atom. The van der Waals surface area contributed by atoms with Crippen molar-refractivity contribution in [2.45, 2.75) is 89.9 Å². The Kier molecular flexibility index (Phi) is 12.8. The molecule has 5 N–H and O–H groups in total. The zero-order valence-electron chi connectivity index (χ0n) is 24.0. The van der Waals surface area contributed by atoms with Crippen LogP contribution in [0.15, 0.2) is 30.3 Å². The van der Waals surface area contributed by atoms with Gasteiger partial charge >= 0.3 is 23.9 Å². The number of ether oxygens (including phenoxy) is 6. The van der Waals surface area contributed by atoms with Gasteiger partial charge in [-0.2, -0.15) is 0 Å². The van der Waals surface area contributed by atoms with Crippen LogP contribution >= 0.6 is 0 Å². The molecule has 232 valence electrons. The first-order chi connectivity index (χ1) is 19.7. The molecule has 0 aromatic heterocycles. The molecule has 1 aliphatic heterocycles. The number of amides is 2. The molecule has 42 heavy (non-hydrogen) atoms. The van der Waals surface area contributed by atoms with E-state index >= 15 is 0 Å². The molecule has 15 heteroatoms. The maximum Gasteiger partial charge on any atom is 0.303 e. The van der Waals surface area contributed by atoms with Gasteiger partial charge in [0.05, 0.1) is 6.10 Å². The lowest BCUT2D eigenvalue weighted by molar-refractivity contribution is -0.316. The minimum absolute atomic E-state index is 0.115. The van der Waals surface area contributed by atoms with Crippen molar-refractivity contribution >= 4 is 35.7 Å². The number of nitrogens with two attached hydrogens (primary N) is 2. The van der Waals surface area contributed by atoms with Gasteiger partial charge in [-0.1, -0.05) is 30.3 Å². The number of primary amides is 1. The highest BCUT2D eigenvalue weighted by molar-refractivity contribution is 5.89. The molecule has 2 amide bonds. The van der Waals surface area contributed by atoms with E-state index in [-0.39, 0.29) is 6.42 Å². The largest absolute Gasteiger partial charge is 0.463 e. The molecule has 8 atom stereocenters. The topological polar surface area (TPSA) is 222 Å². The fraction of sp³-hybridized carbons (Fsp3) is 0.556. The van der Waals surface area contributed by atoms with Gasteiger partial charge < -0.3 is 45.2 Å². The van der Waals surface area contributed by atoms with Crippen LogP contribution in [0.2, 0.25) is 0 Å². The van der Waals surface area contributed by atoms with Crippen LogP contribution < -0.4 is 16.8 Å². The van der Waals surface area contributed by atoms with Crippen molar-refractivity contribution in [1.82, 2.24) is 5.32 Å². The molecule has 0 spiro atoms. The van der Waals surface area contributed by atoms with Crippen LogP contribution in [0, 0.1) is 0 Å². The summed E-state index contributed by atoms with van der Waals surface area (Å²) in [6.07, 6.45) is -8.18. The van der Waals surface area contributed by atoms with E-state index in [0.29, 0.717) is 0 Å². The molecule has 1 aromatic rings. The lowest BCUT2D eigenvalue weighted by Gasteiger charge is -2.44. The lowest BCUT2D eigenvalue weighted by atomic mass is 9.98. The number of nitrogens with one attached hydrogen (secondary N) is 1. The molecule has 1 heterocycles. The van der Waals surface area contributed by atoms with E-state index in [4.69, 9.17) is 39.9 Å². The Balaban J connectivity index is 2.30. The second-order valence-electron chi connectivity index (χ2n) is 9.59. The number of esters is 4. The third kappa shape index (κ3) is 10.4. The van der Waals surface area contributed by atoms with E-state index < -0.39 is 91.2 Å². The summed E-state index contributed by atoms with van der Waals surface area (Å²) in [6, 6.07) is 6.38. The second-order valence-corrected chi connectivity index (χ2v) is 9.59. The summed E-state index contributed by atoms with van der Waals surface area (Å²) in [5.74, 6) is -4.69. The zero-order chi connectivity index (χ0) is 31.6. The first-order valence-electron chi connectivity index (χ1n) is 13.0. The minimum atomic E-state index is -1.55. The van der Waals surface area contributed by atoms with Gasteiger partial charge in [0, 0.05) is 34.1 Å². The first-order valence-corrected chi connectivity index (χ1v) is 13.0. The highest BCUT2D eigenvalue weighted by Crippen LogP contribution is 2.30. The average molecular weight is 596 g/mol. The van der Waals surface area contributed by atoms with E-state index in [0.717, 1.165) is 33.3 Å². The van der Waals surface area contributed by atoms with Gasteiger partial charge in [0.25, 0.3) is 0 Å². The summed E-state index contributed by atoms with van der Waals surface area (Å²) in [5.41, 5.74) is 12.4. The highest BCUT2D eigenvalue weighted by atomic mass is 16.7. The van der Waals surface area contributed by atoms with Crippen molar-refractivity contribution in [1.29, 1.82) is 0 Å². The Morgan fingerprint density at radius 1 is 0.857 bits per heavy atom. The SMILES string of the molecule is CC(=O)OC[C@H]1O[C@@H](O[C@H](C)[C@H](N)C(=O)N[C@@H](Cc2ccccc2)C(N)=O)[C@H](OC(C)=O)[C@@H](OC(C)=O)[C@@H]1OC(C)=O.